The molecule has 5 heteroatoms. The van der Waals surface area contributed by atoms with Gasteiger partial charge in [-0.3, -0.25) is 10.1 Å². The lowest BCUT2D eigenvalue weighted by Crippen LogP contribution is -2.40. The average molecular weight is 269 g/mol. The molecule has 1 N–H and O–H groups in total. The summed E-state index contributed by atoms with van der Waals surface area (Å²) in [7, 11) is 1.65. The molecule has 0 bridgehead atoms. The van der Waals surface area contributed by atoms with Crippen molar-refractivity contribution in [2.45, 2.75) is 19.9 Å². The fraction of sp³-hybridized carbons (Fsp3) is 0.385. The molecule has 0 atom stereocenters. The van der Waals surface area contributed by atoms with Crippen LogP contribution in [0.4, 0.5) is 4.79 Å². The molecule has 0 aromatic heterocycles. The van der Waals surface area contributed by atoms with E-state index < -0.39 is 6.03 Å². The highest BCUT2D eigenvalue weighted by Gasteiger charge is 2.12. The molecule has 0 heterocycles. The maximum absolute atomic E-state index is 11.7. The molecule has 0 aliphatic carbocycles. The standard InChI is InChI=1S/C13H17ClN2O2/c1-10-5-3-4-6-11(10)9-16(2)13(18)15-12(17)7-8-14/h3-6H,7-9H2,1-2H3,(H,15,17,18). The summed E-state index contributed by atoms with van der Waals surface area (Å²) in [6, 6.07) is 7.41. The molecule has 0 unspecified atom stereocenters. The number of carbonyl (C=O) groups is 2. The Kier molecular flexibility index (Phi) is 5.65. The van der Waals surface area contributed by atoms with Crippen molar-refractivity contribution < 1.29 is 9.59 Å². The van der Waals surface area contributed by atoms with Crippen LogP contribution in [0.2, 0.25) is 0 Å². The highest BCUT2D eigenvalue weighted by Crippen LogP contribution is 2.09. The van der Waals surface area contributed by atoms with Gasteiger partial charge in [-0.05, 0) is 18.1 Å². The van der Waals surface area contributed by atoms with Crippen LogP contribution in [-0.4, -0.2) is 29.8 Å². The zero-order valence-corrected chi connectivity index (χ0v) is 11.3. The maximum Gasteiger partial charge on any atom is 0.324 e. The van der Waals surface area contributed by atoms with Crippen LogP contribution in [0.15, 0.2) is 24.3 Å². The summed E-state index contributed by atoms with van der Waals surface area (Å²) < 4.78 is 0. The Balaban J connectivity index is 2.55. The molecule has 0 aliphatic heterocycles. The molecule has 0 spiro atoms. The Labute approximate surface area is 112 Å². The normalized spacial score (nSPS) is 9.94. The number of rotatable bonds is 4. The lowest BCUT2D eigenvalue weighted by molar-refractivity contribution is -0.119. The van der Waals surface area contributed by atoms with E-state index in [-0.39, 0.29) is 18.2 Å². The van der Waals surface area contributed by atoms with Crippen molar-refractivity contribution in [3.05, 3.63) is 35.4 Å². The first-order chi connectivity index (χ1) is 8.54. The van der Waals surface area contributed by atoms with E-state index in [1.54, 1.807) is 7.05 Å². The number of hydrogen-bond donors (Lipinski definition) is 1. The van der Waals surface area contributed by atoms with Crippen LogP contribution in [0.25, 0.3) is 0 Å². The minimum absolute atomic E-state index is 0.144. The lowest BCUT2D eigenvalue weighted by Gasteiger charge is -2.18. The molecule has 0 radical (unpaired) electrons. The first-order valence-electron chi connectivity index (χ1n) is 5.70. The van der Waals surface area contributed by atoms with E-state index in [0.717, 1.165) is 11.1 Å². The number of halogens is 1. The number of benzene rings is 1. The van der Waals surface area contributed by atoms with Gasteiger partial charge >= 0.3 is 6.03 Å². The summed E-state index contributed by atoms with van der Waals surface area (Å²) in [6.07, 6.45) is 0.144. The zero-order valence-electron chi connectivity index (χ0n) is 10.6. The Morgan fingerprint density at radius 3 is 2.61 bits per heavy atom. The number of amides is 3. The molecule has 0 aliphatic rings. The molecule has 1 aromatic rings. The molecular formula is C13H17ClN2O2. The van der Waals surface area contributed by atoms with Crippen LogP contribution in [0, 0.1) is 6.92 Å². The summed E-state index contributed by atoms with van der Waals surface area (Å²) in [5.74, 6) is -0.146. The van der Waals surface area contributed by atoms with Gasteiger partial charge in [0.2, 0.25) is 5.91 Å². The van der Waals surface area contributed by atoms with Crippen molar-refractivity contribution in [1.82, 2.24) is 10.2 Å². The second-order valence-electron chi connectivity index (χ2n) is 4.07. The van der Waals surface area contributed by atoms with E-state index in [1.807, 2.05) is 31.2 Å². The number of nitrogens with one attached hydrogen (secondary N) is 1. The molecule has 4 nitrogen and oxygen atoms in total. The van der Waals surface area contributed by atoms with Crippen LogP contribution in [0.1, 0.15) is 17.5 Å². The molecule has 1 rings (SSSR count). The predicted octanol–water partition coefficient (Wildman–Crippen LogP) is 2.29. The average Bonchev–Trinajstić information content (AvgIpc) is 2.32. The van der Waals surface area contributed by atoms with Crippen molar-refractivity contribution in [1.29, 1.82) is 0 Å². The highest BCUT2D eigenvalue weighted by molar-refractivity contribution is 6.19. The largest absolute Gasteiger partial charge is 0.324 e. The minimum atomic E-state index is -0.409. The monoisotopic (exact) mass is 268 g/mol. The van der Waals surface area contributed by atoms with Crippen LogP contribution >= 0.6 is 11.6 Å². The van der Waals surface area contributed by atoms with E-state index in [4.69, 9.17) is 11.6 Å². The third kappa shape index (κ3) is 4.37. The van der Waals surface area contributed by atoms with Gasteiger partial charge in [-0.15, -0.1) is 11.6 Å². The third-order valence-electron chi connectivity index (χ3n) is 2.58. The SMILES string of the molecule is Cc1ccccc1CN(C)C(=O)NC(=O)CCCl. The number of hydrogen-bond acceptors (Lipinski definition) is 2. The van der Waals surface area contributed by atoms with Gasteiger partial charge in [0.05, 0.1) is 0 Å². The maximum atomic E-state index is 11.7. The number of urea groups is 1. The molecule has 0 fully saturated rings. The van der Waals surface area contributed by atoms with Gasteiger partial charge in [-0.1, -0.05) is 24.3 Å². The van der Waals surface area contributed by atoms with Crippen LogP contribution in [0.5, 0.6) is 0 Å². The topological polar surface area (TPSA) is 49.4 Å². The van der Waals surface area contributed by atoms with Crippen molar-refractivity contribution in [3.63, 3.8) is 0 Å². The van der Waals surface area contributed by atoms with Gasteiger partial charge < -0.3 is 4.90 Å². The second kappa shape index (κ2) is 7.01. The van der Waals surface area contributed by atoms with E-state index >= 15 is 0 Å². The van der Waals surface area contributed by atoms with Gasteiger partial charge in [0, 0.05) is 25.9 Å². The van der Waals surface area contributed by atoms with E-state index in [1.165, 1.54) is 4.90 Å². The van der Waals surface area contributed by atoms with Gasteiger partial charge in [0.25, 0.3) is 0 Å². The first-order valence-corrected chi connectivity index (χ1v) is 6.23. The second-order valence-corrected chi connectivity index (χ2v) is 4.45. The Morgan fingerprint density at radius 2 is 2.00 bits per heavy atom. The lowest BCUT2D eigenvalue weighted by atomic mass is 10.1. The summed E-state index contributed by atoms with van der Waals surface area (Å²) in [5, 5.41) is 2.28. The highest BCUT2D eigenvalue weighted by atomic mass is 35.5. The zero-order chi connectivity index (χ0) is 13.5. The van der Waals surface area contributed by atoms with Crippen molar-refractivity contribution >= 4 is 23.5 Å². The van der Waals surface area contributed by atoms with Gasteiger partial charge in [0.15, 0.2) is 0 Å². The molecule has 1 aromatic carbocycles. The van der Waals surface area contributed by atoms with Crippen molar-refractivity contribution in [2.75, 3.05) is 12.9 Å². The van der Waals surface area contributed by atoms with E-state index in [2.05, 4.69) is 5.32 Å². The van der Waals surface area contributed by atoms with Crippen molar-refractivity contribution in [3.8, 4) is 0 Å². The van der Waals surface area contributed by atoms with Gasteiger partial charge in [-0.2, -0.15) is 0 Å². The number of nitrogens with zero attached hydrogens (tertiary/aromatic N) is 1. The quantitative estimate of drug-likeness (QED) is 0.852. The van der Waals surface area contributed by atoms with Crippen LogP contribution in [0.3, 0.4) is 0 Å². The molecule has 0 saturated carbocycles. The van der Waals surface area contributed by atoms with Gasteiger partial charge in [-0.25, -0.2) is 4.79 Å². The number of aryl methyl sites for hydroxylation is 1. The fourth-order valence-electron chi connectivity index (χ4n) is 1.48. The number of alkyl halides is 1. The molecule has 18 heavy (non-hydrogen) atoms. The summed E-state index contributed by atoms with van der Waals surface area (Å²) in [4.78, 5) is 24.4. The first kappa shape index (κ1) is 14.5. The minimum Gasteiger partial charge on any atom is -0.323 e. The Morgan fingerprint density at radius 1 is 1.33 bits per heavy atom. The molecular weight excluding hydrogens is 252 g/mol. The summed E-state index contributed by atoms with van der Waals surface area (Å²) in [6.45, 7) is 2.45. The molecule has 3 amide bonds. The Hall–Kier alpha value is -1.55. The van der Waals surface area contributed by atoms with Crippen LogP contribution in [-0.2, 0) is 11.3 Å². The van der Waals surface area contributed by atoms with E-state index in [0.29, 0.717) is 6.54 Å². The molecule has 0 saturated heterocycles. The van der Waals surface area contributed by atoms with Crippen LogP contribution < -0.4 is 5.32 Å². The van der Waals surface area contributed by atoms with Crippen molar-refractivity contribution in [2.24, 2.45) is 0 Å². The third-order valence-corrected chi connectivity index (χ3v) is 2.77. The van der Waals surface area contributed by atoms with Gasteiger partial charge in [0.1, 0.15) is 0 Å². The Bertz CT molecular complexity index is 435. The fourth-order valence-corrected chi connectivity index (χ4v) is 1.65. The molecule has 98 valence electrons. The number of carbonyl (C=O) groups excluding carboxylic acids is 2. The summed E-state index contributed by atoms with van der Waals surface area (Å²) in [5.41, 5.74) is 2.17. The smallest absolute Gasteiger partial charge is 0.323 e. The number of imide groups is 1. The van der Waals surface area contributed by atoms with E-state index in [9.17, 15) is 9.59 Å². The predicted molar refractivity (Wildman–Crippen MR) is 71.5 cm³/mol. The summed E-state index contributed by atoms with van der Waals surface area (Å²) >= 11 is 5.42.